The molecule has 0 radical (unpaired) electrons. The van der Waals surface area contributed by atoms with Gasteiger partial charge in [-0.05, 0) is 7.05 Å². The molecule has 82 valence electrons. The Morgan fingerprint density at radius 2 is 1.57 bits per heavy atom. The minimum atomic E-state index is -0.809. The van der Waals surface area contributed by atoms with E-state index >= 15 is 0 Å². The Bertz CT molecular complexity index is 204. The van der Waals surface area contributed by atoms with Gasteiger partial charge >= 0.3 is 5.97 Å². The molecule has 0 aromatic rings. The van der Waals surface area contributed by atoms with E-state index in [0.717, 1.165) is 0 Å². The second-order valence-electron chi connectivity index (χ2n) is 3.49. The normalized spacial score (nSPS) is 10.3. The molecular weight excluding hydrogens is 184 g/mol. The first-order valence-electron chi connectivity index (χ1n) is 4.54. The topological polar surface area (TPSA) is 60.9 Å². The molecule has 0 bridgehead atoms. The Balaban J connectivity index is 3.58. The van der Waals surface area contributed by atoms with Crippen LogP contribution in [0.2, 0.25) is 0 Å². The summed E-state index contributed by atoms with van der Waals surface area (Å²) in [6.07, 6.45) is 0.551. The highest BCUT2D eigenvalue weighted by molar-refractivity contribution is 5.75. The Morgan fingerprint density at radius 3 is 2.00 bits per heavy atom. The quantitative estimate of drug-likeness (QED) is 0.652. The summed E-state index contributed by atoms with van der Waals surface area (Å²) in [6.45, 7) is 1.08. The van der Waals surface area contributed by atoms with Gasteiger partial charge in [-0.3, -0.25) is 9.59 Å². The van der Waals surface area contributed by atoms with Crippen molar-refractivity contribution in [2.24, 2.45) is 0 Å². The fourth-order valence-corrected chi connectivity index (χ4v) is 0.908. The molecule has 0 fully saturated rings. The van der Waals surface area contributed by atoms with Crippen molar-refractivity contribution in [3.05, 3.63) is 0 Å². The lowest BCUT2D eigenvalue weighted by atomic mass is 10.3. The molecule has 0 saturated heterocycles. The Hall–Kier alpha value is -1.10. The van der Waals surface area contributed by atoms with Gasteiger partial charge in [0.2, 0.25) is 5.91 Å². The molecule has 0 unspecified atom stereocenters. The predicted octanol–water partition coefficient (Wildman–Crippen LogP) is -0.129. The second-order valence-corrected chi connectivity index (χ2v) is 3.49. The lowest BCUT2D eigenvalue weighted by Crippen LogP contribution is -2.29. The van der Waals surface area contributed by atoms with Crippen LogP contribution < -0.4 is 0 Å². The van der Waals surface area contributed by atoms with Crippen LogP contribution in [0.25, 0.3) is 0 Å². The van der Waals surface area contributed by atoms with E-state index in [-0.39, 0.29) is 12.3 Å². The smallest absolute Gasteiger partial charge is 0.304 e. The van der Waals surface area contributed by atoms with Crippen molar-refractivity contribution in [2.75, 3.05) is 34.2 Å². The zero-order valence-corrected chi connectivity index (χ0v) is 8.99. The molecule has 0 rings (SSSR count). The number of amides is 1. The molecule has 0 spiro atoms. The summed E-state index contributed by atoms with van der Waals surface area (Å²) in [6, 6.07) is 0. The Labute approximate surface area is 84.3 Å². The molecule has 0 saturated carbocycles. The Morgan fingerprint density at radius 1 is 1.07 bits per heavy atom. The number of carbonyl (C=O) groups excluding carboxylic acids is 1. The lowest BCUT2D eigenvalue weighted by molar-refractivity contribution is -0.137. The molecule has 0 aliphatic carbocycles. The minimum absolute atomic E-state index is 0.0622. The van der Waals surface area contributed by atoms with E-state index in [4.69, 9.17) is 5.11 Å². The van der Waals surface area contributed by atoms with Crippen molar-refractivity contribution >= 4 is 11.9 Å². The van der Waals surface area contributed by atoms with Crippen molar-refractivity contribution < 1.29 is 14.7 Å². The maximum absolute atomic E-state index is 11.2. The molecule has 0 aliphatic rings. The van der Waals surface area contributed by atoms with E-state index in [1.807, 2.05) is 11.9 Å². The number of rotatable bonds is 6. The Kier molecular flexibility index (Phi) is 5.87. The SMILES string of the molecule is CN(CCC(=O)O)CCC(=O)N(C)C. The second kappa shape index (κ2) is 6.37. The van der Waals surface area contributed by atoms with E-state index in [2.05, 4.69) is 0 Å². The van der Waals surface area contributed by atoms with Crippen LogP contribution in [-0.2, 0) is 9.59 Å². The van der Waals surface area contributed by atoms with Crippen molar-refractivity contribution in [3.63, 3.8) is 0 Å². The number of nitrogens with zero attached hydrogens (tertiary/aromatic N) is 2. The molecule has 0 heterocycles. The van der Waals surface area contributed by atoms with Crippen molar-refractivity contribution in [2.45, 2.75) is 12.8 Å². The van der Waals surface area contributed by atoms with Crippen LogP contribution in [0, 0.1) is 0 Å². The number of carboxylic acid groups (broad SMARTS) is 1. The van der Waals surface area contributed by atoms with Gasteiger partial charge < -0.3 is 14.9 Å². The van der Waals surface area contributed by atoms with Crippen LogP contribution in [0.15, 0.2) is 0 Å². The monoisotopic (exact) mass is 202 g/mol. The van der Waals surface area contributed by atoms with Crippen LogP contribution in [0.5, 0.6) is 0 Å². The van der Waals surface area contributed by atoms with Crippen LogP contribution in [-0.4, -0.2) is 61.0 Å². The van der Waals surface area contributed by atoms with Crippen LogP contribution >= 0.6 is 0 Å². The zero-order valence-electron chi connectivity index (χ0n) is 8.99. The molecule has 0 aromatic heterocycles. The third-order valence-corrected chi connectivity index (χ3v) is 1.91. The number of hydrogen-bond acceptors (Lipinski definition) is 3. The molecule has 5 nitrogen and oxygen atoms in total. The highest BCUT2D eigenvalue weighted by Gasteiger charge is 2.07. The fraction of sp³-hybridized carbons (Fsp3) is 0.778. The minimum Gasteiger partial charge on any atom is -0.481 e. The van der Waals surface area contributed by atoms with Gasteiger partial charge in [-0.15, -0.1) is 0 Å². The highest BCUT2D eigenvalue weighted by Crippen LogP contribution is 1.93. The molecule has 0 aliphatic heterocycles. The van der Waals surface area contributed by atoms with Gasteiger partial charge in [0.25, 0.3) is 0 Å². The molecule has 1 amide bonds. The number of aliphatic carboxylic acids is 1. The standard InChI is InChI=1S/C9H18N2O3/c1-10(2)8(12)4-6-11(3)7-5-9(13)14/h4-7H2,1-3H3,(H,13,14). The first-order chi connectivity index (χ1) is 6.43. The lowest BCUT2D eigenvalue weighted by Gasteiger charge is -2.16. The number of carbonyl (C=O) groups is 2. The average Bonchev–Trinajstić information content (AvgIpc) is 2.10. The number of hydrogen-bond donors (Lipinski definition) is 1. The van der Waals surface area contributed by atoms with Crippen LogP contribution in [0.3, 0.4) is 0 Å². The average molecular weight is 202 g/mol. The zero-order chi connectivity index (χ0) is 11.1. The summed E-state index contributed by atoms with van der Waals surface area (Å²) in [5, 5.41) is 8.43. The van der Waals surface area contributed by atoms with E-state index in [1.165, 1.54) is 4.90 Å². The maximum Gasteiger partial charge on any atom is 0.304 e. The van der Waals surface area contributed by atoms with E-state index in [9.17, 15) is 9.59 Å². The van der Waals surface area contributed by atoms with E-state index < -0.39 is 5.97 Å². The molecular formula is C9H18N2O3. The van der Waals surface area contributed by atoms with Gasteiger partial charge in [-0.25, -0.2) is 0 Å². The van der Waals surface area contributed by atoms with Crippen molar-refractivity contribution in [3.8, 4) is 0 Å². The summed E-state index contributed by atoms with van der Waals surface area (Å²) in [5.74, 6) is -0.747. The fourth-order valence-electron chi connectivity index (χ4n) is 0.908. The van der Waals surface area contributed by atoms with Gasteiger partial charge in [0, 0.05) is 33.6 Å². The summed E-state index contributed by atoms with van der Waals surface area (Å²) in [4.78, 5) is 24.8. The molecule has 14 heavy (non-hydrogen) atoms. The number of carboxylic acids is 1. The summed E-state index contributed by atoms with van der Waals surface area (Å²) in [7, 11) is 5.23. The van der Waals surface area contributed by atoms with Gasteiger partial charge in [-0.1, -0.05) is 0 Å². The van der Waals surface area contributed by atoms with Gasteiger partial charge in [0.15, 0.2) is 0 Å². The van der Waals surface area contributed by atoms with Crippen LogP contribution in [0.1, 0.15) is 12.8 Å². The van der Waals surface area contributed by atoms with Crippen molar-refractivity contribution in [1.29, 1.82) is 0 Å². The van der Waals surface area contributed by atoms with E-state index in [1.54, 1.807) is 14.1 Å². The largest absolute Gasteiger partial charge is 0.481 e. The van der Waals surface area contributed by atoms with Gasteiger partial charge in [-0.2, -0.15) is 0 Å². The van der Waals surface area contributed by atoms with Crippen molar-refractivity contribution in [1.82, 2.24) is 9.80 Å². The third kappa shape index (κ3) is 6.42. The van der Waals surface area contributed by atoms with Gasteiger partial charge in [0.1, 0.15) is 0 Å². The highest BCUT2D eigenvalue weighted by atomic mass is 16.4. The molecule has 0 atom stereocenters. The summed E-state index contributed by atoms with van der Waals surface area (Å²) >= 11 is 0. The molecule has 0 aromatic carbocycles. The van der Waals surface area contributed by atoms with Crippen LogP contribution in [0.4, 0.5) is 0 Å². The summed E-state index contributed by atoms with van der Waals surface area (Å²) < 4.78 is 0. The van der Waals surface area contributed by atoms with E-state index in [0.29, 0.717) is 19.5 Å². The first kappa shape index (κ1) is 12.9. The van der Waals surface area contributed by atoms with Gasteiger partial charge in [0.05, 0.1) is 6.42 Å². The maximum atomic E-state index is 11.2. The molecule has 5 heteroatoms. The summed E-state index contributed by atoms with van der Waals surface area (Å²) in [5.41, 5.74) is 0. The predicted molar refractivity (Wildman–Crippen MR) is 53.1 cm³/mol. The molecule has 1 N–H and O–H groups in total. The first-order valence-corrected chi connectivity index (χ1v) is 4.54. The third-order valence-electron chi connectivity index (χ3n) is 1.91.